The van der Waals surface area contributed by atoms with E-state index in [4.69, 9.17) is 114 Å². The summed E-state index contributed by atoms with van der Waals surface area (Å²) in [7, 11) is 0. The van der Waals surface area contributed by atoms with E-state index in [-0.39, 0.29) is 56.0 Å². The Balaban J connectivity index is 1.09. The first kappa shape index (κ1) is 88.0. The van der Waals surface area contributed by atoms with Gasteiger partial charge in [0.05, 0.1) is 324 Å². The summed E-state index contributed by atoms with van der Waals surface area (Å²) >= 11 is 0. The summed E-state index contributed by atoms with van der Waals surface area (Å²) in [5.74, 6) is -1.56. The van der Waals surface area contributed by atoms with Crippen molar-refractivity contribution in [3.8, 4) is 11.8 Å². The lowest BCUT2D eigenvalue weighted by molar-refractivity contribution is -0.137. The number of nitrogens with one attached hydrogen (secondary N) is 1. The maximum atomic E-state index is 12.0. The van der Waals surface area contributed by atoms with Crippen LogP contribution in [0.4, 0.5) is 0 Å². The van der Waals surface area contributed by atoms with Gasteiger partial charge in [-0.25, -0.2) is 0 Å². The van der Waals surface area contributed by atoms with Crippen LogP contribution in [0.1, 0.15) is 12.8 Å². The first-order valence-corrected chi connectivity index (χ1v) is 33.1. The Hall–Kier alpha value is -4.06. The van der Waals surface area contributed by atoms with Crippen molar-refractivity contribution >= 4 is 23.5 Å². The molecular formula is C63H113N3O30. The minimum Gasteiger partial charge on any atom is -0.494 e. The Kier molecular flexibility index (Phi) is 64.9. The van der Waals surface area contributed by atoms with Crippen molar-refractivity contribution in [3.05, 3.63) is 24.3 Å². The number of aromatic hydroxyl groups is 2. The smallest absolute Gasteiger partial charge is 0.253 e. The van der Waals surface area contributed by atoms with Gasteiger partial charge in [-0.3, -0.25) is 28.6 Å². The molecule has 0 atom stereocenters. The zero-order valence-electron chi connectivity index (χ0n) is 56.5. The molecule has 0 bridgehead atoms. The number of amides is 3. The summed E-state index contributed by atoms with van der Waals surface area (Å²) in [6.45, 7) is 21.6. The summed E-state index contributed by atoms with van der Waals surface area (Å²) in [4.78, 5) is 47.8. The van der Waals surface area contributed by atoms with E-state index in [0.717, 1.165) is 9.47 Å². The van der Waals surface area contributed by atoms with Gasteiger partial charge in [0.15, 0.2) is 17.5 Å². The number of carbonyl (C=O) groups excluding carboxylic acids is 4. The van der Waals surface area contributed by atoms with E-state index in [1.165, 1.54) is 24.3 Å². The second kappa shape index (κ2) is 70.8. The number of hydrogen-bond donors (Lipinski definition) is 3. The summed E-state index contributed by atoms with van der Waals surface area (Å²) in [5.41, 5.74) is 0. The summed E-state index contributed by atoms with van der Waals surface area (Å²) in [6.07, 6.45) is 2.59. The molecule has 2 heterocycles. The predicted octanol–water partition coefficient (Wildman–Crippen LogP) is -0.312. The highest BCUT2D eigenvalue weighted by Gasteiger charge is 2.23. The van der Waals surface area contributed by atoms with Gasteiger partial charge in [0, 0.05) is 50.2 Å². The van der Waals surface area contributed by atoms with Crippen LogP contribution in [0.5, 0.6) is 11.8 Å². The van der Waals surface area contributed by atoms with Crippen LogP contribution in [0.3, 0.4) is 0 Å². The molecule has 1 aromatic heterocycles. The number of ketones is 1. The average molecular weight is 1390 g/mol. The highest BCUT2D eigenvalue weighted by molar-refractivity contribution is 6.13. The molecule has 3 amide bonds. The molecule has 1 aliphatic heterocycles. The van der Waals surface area contributed by atoms with Crippen LogP contribution < -0.4 is 5.32 Å². The monoisotopic (exact) mass is 1390 g/mol. The Morgan fingerprint density at radius 3 is 0.677 bits per heavy atom. The third-order valence-electron chi connectivity index (χ3n) is 12.4. The van der Waals surface area contributed by atoms with Crippen molar-refractivity contribution in [3.63, 3.8) is 0 Å². The van der Waals surface area contributed by atoms with Gasteiger partial charge in [-0.15, -0.1) is 0 Å². The molecular weight excluding hydrogens is 1280 g/mol. The Morgan fingerprint density at radius 1 is 0.281 bits per heavy atom. The first-order chi connectivity index (χ1) is 47.4. The van der Waals surface area contributed by atoms with Crippen molar-refractivity contribution in [2.45, 2.75) is 19.4 Å². The predicted molar refractivity (Wildman–Crippen MR) is 341 cm³/mol. The third kappa shape index (κ3) is 59.9. The molecule has 33 nitrogen and oxygen atoms in total. The number of Topliss-reactive ketones (excluding diaryl/α,β-unsaturated/α-hetero) is 1. The minimum atomic E-state index is -0.404. The van der Waals surface area contributed by atoms with E-state index in [9.17, 15) is 29.4 Å². The van der Waals surface area contributed by atoms with E-state index >= 15 is 0 Å². The molecule has 0 spiro atoms. The molecule has 3 N–H and O–H groups in total. The van der Waals surface area contributed by atoms with Crippen molar-refractivity contribution in [1.82, 2.24) is 14.8 Å². The van der Waals surface area contributed by atoms with E-state index in [1.807, 2.05) is 0 Å². The van der Waals surface area contributed by atoms with Gasteiger partial charge < -0.3 is 129 Å². The van der Waals surface area contributed by atoms with E-state index in [1.54, 1.807) is 0 Å². The van der Waals surface area contributed by atoms with Gasteiger partial charge in [0.25, 0.3) is 11.8 Å². The van der Waals surface area contributed by atoms with Crippen molar-refractivity contribution < 1.29 is 143 Å². The fourth-order valence-electron chi connectivity index (χ4n) is 7.43. The number of hydrogen-bond acceptors (Lipinski definition) is 30. The highest BCUT2D eigenvalue weighted by atomic mass is 16.6. The van der Waals surface area contributed by atoms with Crippen LogP contribution in [0.25, 0.3) is 0 Å². The normalized spacial score (nSPS) is 12.4. The van der Waals surface area contributed by atoms with E-state index < -0.39 is 11.8 Å². The van der Waals surface area contributed by atoms with Gasteiger partial charge in [0.2, 0.25) is 5.91 Å². The molecule has 33 heteroatoms. The zero-order valence-corrected chi connectivity index (χ0v) is 56.5. The number of nitrogens with zero attached hydrogens (tertiary/aromatic N) is 2. The molecule has 1 aromatic rings. The molecule has 96 heavy (non-hydrogen) atoms. The molecule has 0 saturated carbocycles. The quantitative estimate of drug-likeness (QED) is 0.0556. The molecule has 0 radical (unpaired) electrons. The van der Waals surface area contributed by atoms with Gasteiger partial charge in [-0.1, -0.05) is 0 Å². The van der Waals surface area contributed by atoms with Crippen LogP contribution in [-0.4, -0.2) is 373 Å². The second-order valence-electron chi connectivity index (χ2n) is 19.9. The lowest BCUT2D eigenvalue weighted by Crippen LogP contribution is -2.35. The van der Waals surface area contributed by atoms with Gasteiger partial charge in [0.1, 0.15) is 0 Å². The summed E-state index contributed by atoms with van der Waals surface area (Å²) < 4.78 is 133. The number of rotatable bonds is 80. The minimum absolute atomic E-state index is 0.0426. The Bertz CT molecular complexity index is 1890. The highest BCUT2D eigenvalue weighted by Crippen LogP contribution is 2.20. The van der Waals surface area contributed by atoms with Gasteiger partial charge in [-0.2, -0.15) is 0 Å². The van der Waals surface area contributed by atoms with Crippen LogP contribution in [-0.2, 0) is 139 Å². The van der Waals surface area contributed by atoms with Crippen molar-refractivity contribution in [2.75, 3.05) is 330 Å². The SMILES string of the molecule is O=C(CCOCCOCCOCCOCCOCCOCCOCCOCCOCCOCCOCCOCCOCCOCCOCCOCCOCCOCCOCCOCCOCCOCCOCCOCCNC(=O)CCN1C(=O)C=CC1=O)Cn1c(O)ccc1O. The van der Waals surface area contributed by atoms with E-state index in [0.29, 0.717) is 317 Å². The molecule has 2 rings (SSSR count). The molecule has 1 aliphatic rings. The standard InChI is InChI=1S/C63H113N3O30/c67-58(57-66-62(71)3-4-63(66)72)6-9-73-11-13-75-15-17-77-19-21-79-23-25-81-27-29-83-31-33-85-35-37-87-39-41-89-43-45-91-47-49-93-51-53-95-55-56-96-54-52-94-50-48-92-46-44-90-42-40-88-38-36-86-34-32-84-30-28-82-26-24-80-22-20-78-18-16-76-14-12-74-10-7-64-59(68)5-8-65-60(69)1-2-61(65)70/h1-4,71-72H,5-57H2,(H,64,68). The van der Waals surface area contributed by atoms with Crippen LogP contribution in [0.15, 0.2) is 24.3 Å². The number of imide groups is 1. The number of carbonyl (C=O) groups is 4. The Labute approximate surface area is 565 Å². The van der Waals surface area contributed by atoms with Crippen molar-refractivity contribution in [2.24, 2.45) is 0 Å². The topological polar surface area (TPSA) is 350 Å². The second-order valence-corrected chi connectivity index (χ2v) is 19.9. The van der Waals surface area contributed by atoms with E-state index in [2.05, 4.69) is 5.32 Å². The van der Waals surface area contributed by atoms with Gasteiger partial charge >= 0.3 is 0 Å². The van der Waals surface area contributed by atoms with Crippen LogP contribution in [0.2, 0.25) is 0 Å². The molecule has 0 saturated heterocycles. The van der Waals surface area contributed by atoms with Crippen LogP contribution in [0, 0.1) is 0 Å². The van der Waals surface area contributed by atoms with Gasteiger partial charge in [-0.05, 0) is 0 Å². The Morgan fingerprint density at radius 2 is 0.469 bits per heavy atom. The average Bonchev–Trinajstić information content (AvgIpc) is 1.99. The largest absolute Gasteiger partial charge is 0.494 e. The molecule has 0 aliphatic carbocycles. The van der Waals surface area contributed by atoms with Crippen molar-refractivity contribution in [1.29, 1.82) is 0 Å². The number of ether oxygens (including phenoxy) is 24. The fourth-order valence-corrected chi connectivity index (χ4v) is 7.43. The first-order valence-electron chi connectivity index (χ1n) is 33.1. The summed E-state index contributed by atoms with van der Waals surface area (Å²) in [6, 6.07) is 2.64. The third-order valence-corrected chi connectivity index (χ3v) is 12.4. The maximum absolute atomic E-state index is 12.0. The lowest BCUT2D eigenvalue weighted by atomic mass is 10.3. The molecule has 0 fully saturated rings. The number of aromatic nitrogens is 1. The fraction of sp³-hybridized carbons (Fsp3) is 0.841. The maximum Gasteiger partial charge on any atom is 0.253 e. The summed E-state index contributed by atoms with van der Waals surface area (Å²) in [5, 5.41) is 21.9. The van der Waals surface area contributed by atoms with Crippen LogP contribution >= 0.6 is 0 Å². The molecule has 0 aromatic carbocycles. The lowest BCUT2D eigenvalue weighted by Gasteiger charge is -2.13. The zero-order chi connectivity index (χ0) is 68.6. The molecule has 0 unspecified atom stereocenters. The molecule has 560 valence electrons.